The molecule has 0 saturated carbocycles. The zero-order valence-corrected chi connectivity index (χ0v) is 15.7. The fourth-order valence-corrected chi connectivity index (χ4v) is 3.84. The van der Waals surface area contributed by atoms with Crippen LogP contribution >= 0.6 is 0 Å². The third-order valence-electron chi connectivity index (χ3n) is 3.95. The van der Waals surface area contributed by atoms with Crippen molar-refractivity contribution in [3.63, 3.8) is 0 Å². The number of hydrogen-bond donors (Lipinski definition) is 2. The molecule has 152 valence electrons. The van der Waals surface area contributed by atoms with Crippen LogP contribution < -0.4 is 10.6 Å². The van der Waals surface area contributed by atoms with Gasteiger partial charge in [-0.3, -0.25) is 4.99 Å². The van der Waals surface area contributed by atoms with Crippen LogP contribution in [-0.2, 0) is 27.5 Å². The first-order chi connectivity index (χ1) is 12.7. The van der Waals surface area contributed by atoms with Crippen LogP contribution in [0.25, 0.3) is 0 Å². The van der Waals surface area contributed by atoms with Crippen LogP contribution in [0.2, 0.25) is 0 Å². The van der Waals surface area contributed by atoms with Gasteiger partial charge in [0.1, 0.15) is 0 Å². The summed E-state index contributed by atoms with van der Waals surface area (Å²) in [6, 6.07) is 4.97. The van der Waals surface area contributed by atoms with Gasteiger partial charge in [0.05, 0.1) is 24.5 Å². The lowest BCUT2D eigenvalue weighted by Gasteiger charge is -2.26. The highest BCUT2D eigenvalue weighted by atomic mass is 32.2. The summed E-state index contributed by atoms with van der Waals surface area (Å²) in [5.74, 6) is 0.196. The summed E-state index contributed by atoms with van der Waals surface area (Å²) in [6.07, 6.45) is -4.40. The minimum absolute atomic E-state index is 0.114. The van der Waals surface area contributed by atoms with Crippen LogP contribution in [0.5, 0.6) is 0 Å². The van der Waals surface area contributed by atoms with Gasteiger partial charge in [-0.25, -0.2) is 8.42 Å². The monoisotopic (exact) mass is 408 g/mol. The van der Waals surface area contributed by atoms with Crippen molar-refractivity contribution in [3.8, 4) is 0 Å². The van der Waals surface area contributed by atoms with Crippen LogP contribution in [0.1, 0.15) is 11.1 Å². The average molecular weight is 408 g/mol. The van der Waals surface area contributed by atoms with E-state index in [1.807, 2.05) is 0 Å². The molecule has 11 heteroatoms. The van der Waals surface area contributed by atoms with Crippen molar-refractivity contribution in [1.82, 2.24) is 14.9 Å². The van der Waals surface area contributed by atoms with Crippen LogP contribution in [0.4, 0.5) is 13.2 Å². The van der Waals surface area contributed by atoms with Gasteiger partial charge < -0.3 is 15.4 Å². The normalized spacial score (nSPS) is 17.0. The van der Waals surface area contributed by atoms with Crippen molar-refractivity contribution in [3.05, 3.63) is 35.4 Å². The second-order valence-corrected chi connectivity index (χ2v) is 7.97. The molecule has 2 rings (SSSR count). The maximum atomic E-state index is 12.7. The second-order valence-electron chi connectivity index (χ2n) is 5.88. The molecule has 1 heterocycles. The van der Waals surface area contributed by atoms with Gasteiger partial charge in [0.2, 0.25) is 10.0 Å². The zero-order valence-electron chi connectivity index (χ0n) is 14.9. The van der Waals surface area contributed by atoms with Crippen molar-refractivity contribution in [2.45, 2.75) is 12.7 Å². The van der Waals surface area contributed by atoms with E-state index < -0.39 is 21.8 Å². The number of sulfonamides is 1. The molecule has 0 spiro atoms. The van der Waals surface area contributed by atoms with Gasteiger partial charge in [-0.1, -0.05) is 12.1 Å². The lowest BCUT2D eigenvalue weighted by Crippen LogP contribution is -2.45. The van der Waals surface area contributed by atoms with Gasteiger partial charge in [0.15, 0.2) is 5.96 Å². The minimum Gasteiger partial charge on any atom is -0.379 e. The molecule has 0 radical (unpaired) electrons. The molecule has 2 N–H and O–H groups in total. The van der Waals surface area contributed by atoms with Crippen LogP contribution in [-0.4, -0.2) is 64.3 Å². The highest BCUT2D eigenvalue weighted by molar-refractivity contribution is 7.89. The van der Waals surface area contributed by atoms with E-state index >= 15 is 0 Å². The molecule has 1 aliphatic rings. The van der Waals surface area contributed by atoms with Crippen molar-refractivity contribution in [2.75, 3.05) is 45.6 Å². The van der Waals surface area contributed by atoms with E-state index in [0.717, 1.165) is 12.1 Å². The summed E-state index contributed by atoms with van der Waals surface area (Å²) in [5, 5.41) is 5.73. The van der Waals surface area contributed by atoms with Crippen molar-refractivity contribution < 1.29 is 26.3 Å². The van der Waals surface area contributed by atoms with E-state index in [0.29, 0.717) is 37.8 Å². The Hall–Kier alpha value is -1.85. The summed E-state index contributed by atoms with van der Waals surface area (Å²) in [6.45, 7) is 1.69. The number of aliphatic imine (C=N–C) groups is 1. The Kier molecular flexibility index (Phi) is 7.45. The molecular formula is C16H23F3N4O3S. The standard InChI is InChI=1S/C16H23F3N4O3S/c1-20-15(21-5-10-27(24,25)23-6-8-26-9-7-23)22-12-13-3-2-4-14(11-13)16(17,18)19/h2-4,11H,5-10,12H2,1H3,(H2,20,21,22). The van der Waals surface area contributed by atoms with Crippen molar-refractivity contribution in [1.29, 1.82) is 0 Å². The molecule has 1 aromatic carbocycles. The fourth-order valence-electron chi connectivity index (χ4n) is 2.52. The number of nitrogens with zero attached hydrogens (tertiary/aromatic N) is 2. The molecule has 0 atom stereocenters. The zero-order chi connectivity index (χ0) is 19.9. The molecule has 1 aliphatic heterocycles. The molecule has 27 heavy (non-hydrogen) atoms. The molecule has 0 amide bonds. The quantitative estimate of drug-likeness (QED) is 0.543. The number of benzene rings is 1. The van der Waals surface area contributed by atoms with Gasteiger partial charge in [-0.2, -0.15) is 17.5 Å². The van der Waals surface area contributed by atoms with Gasteiger partial charge in [0, 0.05) is 33.2 Å². The predicted molar refractivity (Wildman–Crippen MR) is 95.8 cm³/mol. The Labute approximate surface area is 156 Å². The first-order valence-electron chi connectivity index (χ1n) is 8.38. The first kappa shape index (κ1) is 21.5. The Morgan fingerprint density at radius 1 is 1.26 bits per heavy atom. The summed E-state index contributed by atoms with van der Waals surface area (Å²) in [4.78, 5) is 3.95. The molecule has 0 unspecified atom stereocenters. The molecule has 1 saturated heterocycles. The van der Waals surface area contributed by atoms with E-state index in [9.17, 15) is 21.6 Å². The highest BCUT2D eigenvalue weighted by Crippen LogP contribution is 2.29. The molecule has 7 nitrogen and oxygen atoms in total. The third kappa shape index (κ3) is 6.67. The van der Waals surface area contributed by atoms with Crippen LogP contribution in [0, 0.1) is 0 Å². The fraction of sp³-hybridized carbons (Fsp3) is 0.562. The van der Waals surface area contributed by atoms with E-state index in [4.69, 9.17) is 4.74 Å². The number of guanidine groups is 1. The largest absolute Gasteiger partial charge is 0.416 e. The van der Waals surface area contributed by atoms with E-state index in [1.165, 1.54) is 17.4 Å². The molecule has 1 fully saturated rings. The first-order valence-corrected chi connectivity index (χ1v) is 9.99. The van der Waals surface area contributed by atoms with E-state index in [1.54, 1.807) is 6.07 Å². The Bertz CT molecular complexity index is 748. The van der Waals surface area contributed by atoms with Gasteiger partial charge in [-0.15, -0.1) is 0 Å². The number of nitrogens with one attached hydrogen (secondary N) is 2. The smallest absolute Gasteiger partial charge is 0.379 e. The third-order valence-corrected chi connectivity index (χ3v) is 5.83. The van der Waals surface area contributed by atoms with Gasteiger partial charge in [-0.05, 0) is 17.7 Å². The second kappa shape index (κ2) is 9.38. The topological polar surface area (TPSA) is 83.0 Å². The summed E-state index contributed by atoms with van der Waals surface area (Å²) >= 11 is 0. The molecule has 0 bridgehead atoms. The van der Waals surface area contributed by atoms with Gasteiger partial charge in [0.25, 0.3) is 0 Å². The number of hydrogen-bond acceptors (Lipinski definition) is 4. The maximum absolute atomic E-state index is 12.7. The molecule has 0 aliphatic carbocycles. The van der Waals surface area contributed by atoms with Crippen molar-refractivity contribution >= 4 is 16.0 Å². The molecular weight excluding hydrogens is 385 g/mol. The lowest BCUT2D eigenvalue weighted by atomic mass is 10.1. The number of rotatable bonds is 6. The predicted octanol–water partition coefficient (Wildman–Crippen LogP) is 1.03. The Balaban J connectivity index is 1.82. The molecule has 1 aromatic rings. The number of ether oxygens (including phenoxy) is 1. The van der Waals surface area contributed by atoms with Crippen molar-refractivity contribution in [2.24, 2.45) is 4.99 Å². The summed E-state index contributed by atoms with van der Waals surface area (Å²) in [7, 11) is -1.90. The highest BCUT2D eigenvalue weighted by Gasteiger charge is 2.30. The Morgan fingerprint density at radius 3 is 2.59 bits per heavy atom. The SMILES string of the molecule is CN=C(NCCS(=O)(=O)N1CCOCC1)NCc1cccc(C(F)(F)F)c1. The van der Waals surface area contributed by atoms with Gasteiger partial charge >= 0.3 is 6.18 Å². The van der Waals surface area contributed by atoms with E-state index in [2.05, 4.69) is 15.6 Å². The van der Waals surface area contributed by atoms with Crippen LogP contribution in [0.3, 0.4) is 0 Å². The summed E-state index contributed by atoms with van der Waals surface area (Å²) in [5.41, 5.74) is -0.282. The maximum Gasteiger partial charge on any atom is 0.416 e. The average Bonchev–Trinajstić information content (AvgIpc) is 2.64. The summed E-state index contributed by atoms with van der Waals surface area (Å²) < 4.78 is 69.2. The Morgan fingerprint density at radius 2 is 1.96 bits per heavy atom. The number of alkyl halides is 3. The van der Waals surface area contributed by atoms with E-state index in [-0.39, 0.29) is 18.8 Å². The lowest BCUT2D eigenvalue weighted by molar-refractivity contribution is -0.137. The van der Waals surface area contributed by atoms with Crippen LogP contribution in [0.15, 0.2) is 29.3 Å². The number of halogens is 3. The molecule has 0 aromatic heterocycles. The minimum atomic E-state index is -4.40. The number of morpholine rings is 1.